The van der Waals surface area contributed by atoms with Crippen LogP contribution in [-0.2, 0) is 10.8 Å². The second-order valence-corrected chi connectivity index (χ2v) is 3.39. The minimum absolute atomic E-state index is 0.277. The van der Waals surface area contributed by atoms with Crippen molar-refractivity contribution in [1.82, 2.24) is 0 Å². The third kappa shape index (κ3) is 1.94. The van der Waals surface area contributed by atoms with Gasteiger partial charge in [0, 0.05) is 22.0 Å². The summed E-state index contributed by atoms with van der Waals surface area (Å²) in [5, 5.41) is 18.1. The second-order valence-electron chi connectivity index (χ2n) is 2.07. The Morgan fingerprint density at radius 3 is 2.58 bits per heavy atom. The number of hydrogen-bond acceptors (Lipinski definition) is 3. The van der Waals surface area contributed by atoms with Gasteiger partial charge in [0.05, 0.1) is 5.48 Å². The Balaban J connectivity index is 3.76. The summed E-state index contributed by atoms with van der Waals surface area (Å²) >= 11 is 0. The molecule has 2 N–H and O–H groups in total. The van der Waals surface area contributed by atoms with E-state index in [0.717, 1.165) is 0 Å². The van der Waals surface area contributed by atoms with Crippen molar-refractivity contribution in [2.75, 3.05) is 6.26 Å². The van der Waals surface area contributed by atoms with Crippen molar-refractivity contribution >= 4 is 23.4 Å². The van der Waals surface area contributed by atoms with Gasteiger partial charge in [-0.25, -0.2) is 0 Å². The fourth-order valence-corrected chi connectivity index (χ4v) is 1.38. The molecule has 5 heteroatoms. The predicted octanol–water partition coefficient (Wildman–Crippen LogP) is -0.896. The first-order chi connectivity index (χ1) is 7.29. The molecule has 0 bridgehead atoms. The lowest BCUT2D eigenvalue weighted by atomic mass is 9.80. The van der Waals surface area contributed by atoms with Crippen molar-refractivity contribution in [2.45, 2.75) is 4.90 Å². The highest BCUT2D eigenvalue weighted by Gasteiger charge is 2.16. The largest absolute Gasteiger partial charge is 0.489 e. The van der Waals surface area contributed by atoms with E-state index < -0.39 is 47.6 Å². The molecule has 12 heavy (non-hydrogen) atoms. The van der Waals surface area contributed by atoms with Crippen LogP contribution in [0.4, 0.5) is 0 Å². The highest BCUT2D eigenvalue weighted by atomic mass is 32.2. The van der Waals surface area contributed by atoms with Crippen LogP contribution < -0.4 is 5.46 Å². The van der Waals surface area contributed by atoms with Crippen LogP contribution in [0.1, 0.15) is 5.48 Å². The Kier molecular flexibility index (Phi) is 1.65. The zero-order chi connectivity index (χ0) is 12.6. The molecule has 0 heterocycles. The van der Waals surface area contributed by atoms with Crippen LogP contribution in [0.25, 0.3) is 0 Å². The van der Waals surface area contributed by atoms with E-state index in [-0.39, 0.29) is 4.90 Å². The van der Waals surface area contributed by atoms with E-state index in [0.29, 0.717) is 0 Å². The van der Waals surface area contributed by atoms with Crippen LogP contribution >= 0.6 is 0 Å². The Labute approximate surface area is 79.3 Å². The molecule has 1 atom stereocenters. The molecule has 0 saturated heterocycles. The van der Waals surface area contributed by atoms with E-state index in [2.05, 4.69) is 0 Å². The topological polar surface area (TPSA) is 57.5 Å². The van der Waals surface area contributed by atoms with Gasteiger partial charge >= 0.3 is 7.12 Å². The van der Waals surface area contributed by atoms with Gasteiger partial charge in [-0.3, -0.25) is 4.21 Å². The van der Waals surface area contributed by atoms with Crippen molar-refractivity contribution in [1.29, 1.82) is 0 Å². The molecule has 0 spiro atoms. The Morgan fingerprint density at radius 1 is 1.50 bits per heavy atom. The zero-order valence-corrected chi connectivity index (χ0v) is 7.10. The number of benzene rings is 1. The van der Waals surface area contributed by atoms with E-state index in [1.54, 1.807) is 0 Å². The summed E-state index contributed by atoms with van der Waals surface area (Å²) < 4.78 is 41.0. The summed E-state index contributed by atoms with van der Waals surface area (Å²) in [5.41, 5.74) is -0.438. The maximum atomic E-state index is 11.3. The maximum Gasteiger partial charge on any atom is 0.489 e. The fraction of sp³-hybridized carbons (Fsp3) is 0.143. The highest BCUT2D eigenvalue weighted by Crippen LogP contribution is 2.00. The van der Waals surface area contributed by atoms with E-state index >= 15 is 0 Å². The molecule has 1 rings (SSSR count). The standard InChI is InChI=1S/C7H9BO3S/c1-12(11)7-5-3-2-4-6(7)8(9)10/h2-5,9-10H,1H3/i2D,3D,4D,5D. The molecule has 1 aromatic rings. The normalized spacial score (nSPS) is 17.2. The van der Waals surface area contributed by atoms with Gasteiger partial charge in [-0.15, -0.1) is 0 Å². The first kappa shape index (κ1) is 5.16. The highest BCUT2D eigenvalue weighted by molar-refractivity contribution is 7.84. The third-order valence-electron chi connectivity index (χ3n) is 1.23. The molecule has 0 amide bonds. The molecule has 0 aliphatic rings. The molecule has 0 aromatic heterocycles. The monoisotopic (exact) mass is 188 g/mol. The third-order valence-corrected chi connectivity index (χ3v) is 2.12. The average molecular weight is 188 g/mol. The van der Waals surface area contributed by atoms with Gasteiger partial charge in [-0.05, 0) is 11.5 Å². The molecule has 0 radical (unpaired) electrons. The van der Waals surface area contributed by atoms with E-state index in [9.17, 15) is 4.21 Å². The summed E-state index contributed by atoms with van der Waals surface area (Å²) in [6.07, 6.45) is 1.21. The quantitative estimate of drug-likeness (QED) is 0.591. The average Bonchev–Trinajstić information content (AvgIpc) is 2.18. The van der Waals surface area contributed by atoms with Crippen molar-refractivity contribution in [3.63, 3.8) is 0 Å². The fourth-order valence-electron chi connectivity index (χ4n) is 0.719. The molecule has 1 aromatic carbocycles. The molecule has 1 unspecified atom stereocenters. The molecule has 64 valence electrons. The number of hydrogen-bond donors (Lipinski definition) is 2. The molecule has 0 saturated carbocycles. The second kappa shape index (κ2) is 3.84. The van der Waals surface area contributed by atoms with E-state index in [4.69, 9.17) is 15.5 Å². The van der Waals surface area contributed by atoms with Gasteiger partial charge < -0.3 is 10.0 Å². The SMILES string of the molecule is [2H]c1c([2H])c([2H])c(S(C)=O)c(B(O)O)c1[2H]. The maximum absolute atomic E-state index is 11.3. The lowest BCUT2D eigenvalue weighted by Crippen LogP contribution is -2.32. The van der Waals surface area contributed by atoms with Crippen LogP contribution in [0.2, 0.25) is 0 Å². The van der Waals surface area contributed by atoms with Crippen LogP contribution in [0.5, 0.6) is 0 Å². The van der Waals surface area contributed by atoms with E-state index in [1.165, 1.54) is 6.26 Å². The number of rotatable bonds is 2. The van der Waals surface area contributed by atoms with E-state index in [1.807, 2.05) is 0 Å². The molecule has 0 fully saturated rings. The molecular weight excluding hydrogens is 175 g/mol. The molecule has 0 aliphatic carbocycles. The minimum atomic E-state index is -2.08. The smallest absolute Gasteiger partial charge is 0.423 e. The van der Waals surface area contributed by atoms with Gasteiger partial charge in [0.25, 0.3) is 0 Å². The van der Waals surface area contributed by atoms with Gasteiger partial charge in [0.2, 0.25) is 0 Å². The van der Waals surface area contributed by atoms with Crippen LogP contribution in [0.15, 0.2) is 29.1 Å². The van der Waals surface area contributed by atoms with Gasteiger partial charge in [-0.1, -0.05) is 18.1 Å². The Morgan fingerprint density at radius 2 is 2.08 bits per heavy atom. The summed E-state index contributed by atoms with van der Waals surface area (Å²) in [7, 11) is -3.82. The van der Waals surface area contributed by atoms with Crippen LogP contribution in [0.3, 0.4) is 0 Å². The Hall–Kier alpha value is -0.645. The van der Waals surface area contributed by atoms with Crippen molar-refractivity contribution in [3.05, 3.63) is 24.2 Å². The zero-order valence-electron chi connectivity index (χ0n) is 10.3. The van der Waals surface area contributed by atoms with Crippen molar-refractivity contribution < 1.29 is 19.7 Å². The summed E-state index contributed by atoms with van der Waals surface area (Å²) in [6.45, 7) is 0. The summed E-state index contributed by atoms with van der Waals surface area (Å²) in [6, 6.07) is -2.21. The van der Waals surface area contributed by atoms with Gasteiger partial charge in [0.15, 0.2) is 0 Å². The molecule has 0 aliphatic heterocycles. The first-order valence-corrected chi connectivity index (χ1v) is 4.64. The van der Waals surface area contributed by atoms with Crippen LogP contribution in [-0.4, -0.2) is 27.6 Å². The van der Waals surface area contributed by atoms with Crippen molar-refractivity contribution in [2.24, 2.45) is 0 Å². The Bertz CT molecular complexity index is 466. The van der Waals surface area contributed by atoms with Gasteiger partial charge in [-0.2, -0.15) is 0 Å². The summed E-state index contributed by atoms with van der Waals surface area (Å²) in [5.74, 6) is 0. The van der Waals surface area contributed by atoms with Crippen LogP contribution in [0, 0.1) is 0 Å². The van der Waals surface area contributed by atoms with Gasteiger partial charge in [0.1, 0.15) is 0 Å². The predicted molar refractivity (Wildman–Crippen MR) is 48.6 cm³/mol. The minimum Gasteiger partial charge on any atom is -0.423 e. The lowest BCUT2D eigenvalue weighted by Gasteiger charge is -2.04. The summed E-state index contributed by atoms with van der Waals surface area (Å²) in [4.78, 5) is -0.277. The van der Waals surface area contributed by atoms with Crippen molar-refractivity contribution in [3.8, 4) is 0 Å². The molecule has 3 nitrogen and oxygen atoms in total. The lowest BCUT2D eigenvalue weighted by molar-refractivity contribution is 0.425. The first-order valence-electron chi connectivity index (χ1n) is 5.08. The molecular formula is C7H9BO3S.